The van der Waals surface area contributed by atoms with Crippen molar-refractivity contribution in [2.75, 3.05) is 37.1 Å². The first-order valence-corrected chi connectivity index (χ1v) is 9.96. The lowest BCUT2D eigenvalue weighted by molar-refractivity contribution is 0.166. The second-order valence-electron chi connectivity index (χ2n) is 5.64. The van der Waals surface area contributed by atoms with Crippen LogP contribution in [0.2, 0.25) is 5.02 Å². The molecule has 1 fully saturated rings. The number of aryl methyl sites for hydroxylation is 1. The molecular weight excluding hydrogens is 356 g/mol. The first-order valence-electron chi connectivity index (χ1n) is 7.35. The number of sulfone groups is 1. The van der Waals surface area contributed by atoms with Crippen molar-refractivity contribution in [3.8, 4) is 0 Å². The topological polar surface area (TPSA) is 58.6 Å². The van der Waals surface area contributed by atoms with Crippen molar-refractivity contribution in [1.29, 1.82) is 0 Å². The molecule has 5 nitrogen and oxygen atoms in total. The fourth-order valence-electron chi connectivity index (χ4n) is 2.53. The molecule has 1 aliphatic rings. The van der Waals surface area contributed by atoms with Crippen LogP contribution in [0.5, 0.6) is 0 Å². The highest BCUT2D eigenvalue weighted by Crippen LogP contribution is 2.22. The zero-order valence-corrected chi connectivity index (χ0v) is 15.6. The van der Waals surface area contributed by atoms with E-state index in [1.54, 1.807) is 7.11 Å². The highest BCUT2D eigenvalue weighted by molar-refractivity contribution is 7.91. The van der Waals surface area contributed by atoms with Crippen molar-refractivity contribution in [3.63, 3.8) is 0 Å². The Morgan fingerprint density at radius 1 is 1.52 bits per heavy atom. The van der Waals surface area contributed by atoms with Gasteiger partial charge in [-0.05, 0) is 43.3 Å². The van der Waals surface area contributed by atoms with E-state index in [9.17, 15) is 8.42 Å². The van der Waals surface area contributed by atoms with Gasteiger partial charge in [0, 0.05) is 30.4 Å². The molecule has 8 heteroatoms. The van der Waals surface area contributed by atoms with Crippen molar-refractivity contribution in [2.45, 2.75) is 19.4 Å². The summed E-state index contributed by atoms with van der Waals surface area (Å²) < 4.78 is 28.6. The summed E-state index contributed by atoms with van der Waals surface area (Å²) in [6.45, 7) is 2.95. The van der Waals surface area contributed by atoms with Gasteiger partial charge in [0.15, 0.2) is 14.9 Å². The molecule has 0 unspecified atom stereocenters. The van der Waals surface area contributed by atoms with E-state index in [0.29, 0.717) is 29.7 Å². The Kier molecular flexibility index (Phi) is 6.25. The highest BCUT2D eigenvalue weighted by Gasteiger charge is 2.33. The van der Waals surface area contributed by atoms with Crippen LogP contribution in [-0.4, -0.2) is 56.2 Å². The molecular formula is C15H21ClN2O3S2. The standard InChI is InChI=1S/C15H21ClN2O3S2/c1-11-3-4-12(9-14(11)16)17-15(22)18(6-7-21-2)13-5-8-23(19,20)10-13/h3-4,9,13H,5-8,10H2,1-2H3,(H,17,22)/t13-/m0/s1. The molecule has 0 amide bonds. The van der Waals surface area contributed by atoms with E-state index in [2.05, 4.69) is 5.32 Å². The van der Waals surface area contributed by atoms with Gasteiger partial charge in [0.2, 0.25) is 0 Å². The normalized spacial score (nSPS) is 19.5. The molecule has 1 saturated heterocycles. The van der Waals surface area contributed by atoms with Crippen LogP contribution in [0.3, 0.4) is 0 Å². The smallest absolute Gasteiger partial charge is 0.173 e. The summed E-state index contributed by atoms with van der Waals surface area (Å²) in [5.74, 6) is 0.341. The molecule has 1 aromatic rings. The first kappa shape index (κ1) is 18.4. The Labute approximate surface area is 147 Å². The molecule has 0 aromatic heterocycles. The van der Waals surface area contributed by atoms with E-state index in [1.807, 2.05) is 30.0 Å². The number of anilines is 1. The van der Waals surface area contributed by atoms with Gasteiger partial charge in [-0.3, -0.25) is 0 Å². The predicted molar refractivity (Wildman–Crippen MR) is 98.1 cm³/mol. The van der Waals surface area contributed by atoms with Gasteiger partial charge >= 0.3 is 0 Å². The summed E-state index contributed by atoms with van der Waals surface area (Å²) in [7, 11) is -1.36. The minimum Gasteiger partial charge on any atom is -0.383 e. The molecule has 0 spiro atoms. The average Bonchev–Trinajstić information content (AvgIpc) is 2.83. The summed E-state index contributed by atoms with van der Waals surface area (Å²) in [6.07, 6.45) is 0.586. The molecule has 1 N–H and O–H groups in total. The molecule has 1 aliphatic heterocycles. The number of hydrogen-bond donors (Lipinski definition) is 1. The lowest BCUT2D eigenvalue weighted by Gasteiger charge is -2.30. The van der Waals surface area contributed by atoms with Gasteiger partial charge in [0.05, 0.1) is 18.1 Å². The van der Waals surface area contributed by atoms with E-state index in [0.717, 1.165) is 11.3 Å². The van der Waals surface area contributed by atoms with E-state index < -0.39 is 9.84 Å². The monoisotopic (exact) mass is 376 g/mol. The maximum Gasteiger partial charge on any atom is 0.173 e. The third-order valence-corrected chi connectivity index (χ3v) is 6.36. The molecule has 1 heterocycles. The summed E-state index contributed by atoms with van der Waals surface area (Å²) in [6, 6.07) is 5.50. The lowest BCUT2D eigenvalue weighted by atomic mass is 10.2. The van der Waals surface area contributed by atoms with Crippen LogP contribution >= 0.6 is 23.8 Å². The number of benzene rings is 1. The van der Waals surface area contributed by atoms with E-state index in [1.165, 1.54) is 0 Å². The van der Waals surface area contributed by atoms with Crippen LogP contribution in [0.15, 0.2) is 18.2 Å². The molecule has 1 aromatic carbocycles. The van der Waals surface area contributed by atoms with Crippen molar-refractivity contribution in [2.24, 2.45) is 0 Å². The third kappa shape index (κ3) is 5.04. The predicted octanol–water partition coefficient (Wildman–Crippen LogP) is 2.48. The van der Waals surface area contributed by atoms with Gasteiger partial charge in [-0.1, -0.05) is 17.7 Å². The molecule has 0 saturated carbocycles. The summed E-state index contributed by atoms with van der Waals surface area (Å²) >= 11 is 11.6. The quantitative estimate of drug-likeness (QED) is 0.797. The minimum absolute atomic E-state index is 0.115. The molecule has 2 rings (SSSR count). The molecule has 1 atom stereocenters. The van der Waals surface area contributed by atoms with Crippen molar-refractivity contribution in [1.82, 2.24) is 4.90 Å². The number of hydrogen-bond acceptors (Lipinski definition) is 4. The van der Waals surface area contributed by atoms with Crippen LogP contribution in [0.1, 0.15) is 12.0 Å². The Morgan fingerprint density at radius 2 is 2.26 bits per heavy atom. The van der Waals surface area contributed by atoms with Gasteiger partial charge < -0.3 is 15.0 Å². The van der Waals surface area contributed by atoms with E-state index >= 15 is 0 Å². The Morgan fingerprint density at radius 3 is 2.83 bits per heavy atom. The van der Waals surface area contributed by atoms with Crippen LogP contribution < -0.4 is 5.32 Å². The SMILES string of the molecule is COCCN(C(=S)Nc1ccc(C)c(Cl)c1)[C@H]1CCS(=O)(=O)C1. The van der Waals surface area contributed by atoms with Crippen molar-refractivity contribution < 1.29 is 13.2 Å². The zero-order valence-electron chi connectivity index (χ0n) is 13.2. The largest absolute Gasteiger partial charge is 0.383 e. The molecule has 0 radical (unpaired) electrons. The van der Waals surface area contributed by atoms with Gasteiger partial charge in [-0.15, -0.1) is 0 Å². The molecule has 0 aliphatic carbocycles. The number of nitrogens with zero attached hydrogens (tertiary/aromatic N) is 1. The van der Waals surface area contributed by atoms with Crippen LogP contribution in [0.4, 0.5) is 5.69 Å². The highest BCUT2D eigenvalue weighted by atomic mass is 35.5. The number of ether oxygens (including phenoxy) is 1. The second kappa shape index (κ2) is 7.79. The van der Waals surface area contributed by atoms with Gasteiger partial charge in [0.1, 0.15) is 0 Å². The number of halogens is 1. The third-order valence-electron chi connectivity index (χ3n) is 3.87. The Hall–Kier alpha value is -0.890. The van der Waals surface area contributed by atoms with Gasteiger partial charge in [0.25, 0.3) is 0 Å². The number of thiocarbonyl (C=S) groups is 1. The summed E-state index contributed by atoms with van der Waals surface area (Å²) in [5.41, 5.74) is 1.77. The maximum atomic E-state index is 11.7. The van der Waals surface area contributed by atoms with Crippen molar-refractivity contribution >= 4 is 44.5 Å². The molecule has 0 bridgehead atoms. The molecule has 128 valence electrons. The number of methoxy groups -OCH3 is 1. The van der Waals surface area contributed by atoms with Gasteiger partial charge in [-0.25, -0.2) is 8.42 Å². The number of nitrogens with one attached hydrogen (secondary N) is 1. The fraction of sp³-hybridized carbons (Fsp3) is 0.533. The van der Waals surface area contributed by atoms with Gasteiger partial charge in [-0.2, -0.15) is 0 Å². The summed E-state index contributed by atoms with van der Waals surface area (Å²) in [4.78, 5) is 1.90. The Bertz CT molecular complexity index is 679. The Balaban J connectivity index is 2.11. The maximum absolute atomic E-state index is 11.7. The first-order chi connectivity index (χ1) is 10.8. The minimum atomic E-state index is -2.98. The molecule has 23 heavy (non-hydrogen) atoms. The van der Waals surface area contributed by atoms with E-state index in [4.69, 9.17) is 28.6 Å². The van der Waals surface area contributed by atoms with Crippen LogP contribution in [0.25, 0.3) is 0 Å². The lowest BCUT2D eigenvalue weighted by Crippen LogP contribution is -2.45. The van der Waals surface area contributed by atoms with E-state index in [-0.39, 0.29) is 17.5 Å². The van der Waals surface area contributed by atoms with Crippen LogP contribution in [0, 0.1) is 6.92 Å². The summed E-state index contributed by atoms with van der Waals surface area (Å²) in [5, 5.41) is 4.29. The van der Waals surface area contributed by atoms with Crippen LogP contribution in [-0.2, 0) is 14.6 Å². The second-order valence-corrected chi connectivity index (χ2v) is 8.66. The fourth-order valence-corrected chi connectivity index (χ4v) is 4.80. The van der Waals surface area contributed by atoms with Crippen molar-refractivity contribution in [3.05, 3.63) is 28.8 Å². The number of rotatable bonds is 5. The average molecular weight is 377 g/mol. The zero-order chi connectivity index (χ0) is 17.0.